The van der Waals surface area contributed by atoms with Gasteiger partial charge < -0.3 is 9.47 Å². The number of benzene rings is 1. The molecule has 0 unspecified atom stereocenters. The van der Waals surface area contributed by atoms with Gasteiger partial charge in [0.15, 0.2) is 0 Å². The third-order valence-corrected chi connectivity index (χ3v) is 3.48. The molecular weight excluding hydrogens is 280 g/mol. The van der Waals surface area contributed by atoms with Gasteiger partial charge in [-0.05, 0) is 36.6 Å². The number of halogens is 1. The molecule has 0 atom stereocenters. The van der Waals surface area contributed by atoms with Crippen LogP contribution < -0.4 is 0 Å². The van der Waals surface area contributed by atoms with Crippen LogP contribution in [0, 0.1) is 13.8 Å². The van der Waals surface area contributed by atoms with Gasteiger partial charge in [-0.1, -0.05) is 23.7 Å². The van der Waals surface area contributed by atoms with E-state index in [1.807, 2.05) is 13.8 Å². The van der Waals surface area contributed by atoms with Gasteiger partial charge in [-0.15, -0.1) is 0 Å². The quantitative estimate of drug-likeness (QED) is 0.453. The molecule has 0 spiro atoms. The smallest absolute Gasteiger partial charge is 0.348 e. The van der Waals surface area contributed by atoms with E-state index in [1.54, 1.807) is 12.1 Å². The van der Waals surface area contributed by atoms with Crippen molar-refractivity contribution in [3.8, 4) is 0 Å². The van der Waals surface area contributed by atoms with Crippen molar-refractivity contribution in [2.45, 2.75) is 33.5 Å². The molecule has 0 amide bonds. The summed E-state index contributed by atoms with van der Waals surface area (Å²) in [5.74, 6) is -2.59. The summed E-state index contributed by atoms with van der Waals surface area (Å²) >= 11 is 6.08. The number of ether oxygens (including phenoxy) is 2. The van der Waals surface area contributed by atoms with E-state index in [2.05, 4.69) is 0 Å². The van der Waals surface area contributed by atoms with Crippen molar-refractivity contribution in [3.05, 3.63) is 39.4 Å². The number of carbonyl (C=O) groups is 2. The Morgan fingerprint density at radius 2 is 1.50 bits per heavy atom. The highest BCUT2D eigenvalue weighted by Crippen LogP contribution is 2.26. The Morgan fingerprint density at radius 1 is 1.05 bits per heavy atom. The van der Waals surface area contributed by atoms with E-state index < -0.39 is 17.7 Å². The first-order valence-electron chi connectivity index (χ1n) is 6.15. The van der Waals surface area contributed by atoms with Gasteiger partial charge >= 0.3 is 11.9 Å². The molecule has 0 radical (unpaired) electrons. The third kappa shape index (κ3) is 2.85. The maximum absolute atomic E-state index is 11.8. The molecule has 1 aliphatic rings. The predicted octanol–water partition coefficient (Wildman–Crippen LogP) is 3.18. The summed E-state index contributed by atoms with van der Waals surface area (Å²) in [6.45, 7) is 6.74. The fourth-order valence-corrected chi connectivity index (χ4v) is 2.12. The van der Waals surface area contributed by atoms with Crippen molar-refractivity contribution >= 4 is 29.6 Å². The topological polar surface area (TPSA) is 52.6 Å². The number of hydrogen-bond acceptors (Lipinski definition) is 4. The van der Waals surface area contributed by atoms with Crippen molar-refractivity contribution in [1.82, 2.24) is 0 Å². The standard InChI is InChI=1S/C15H15ClO4/c1-8-5-10(6-9(2)12(8)16)7-11-13(17)19-15(3,4)20-14(11)18/h5-7H,1-4H3. The summed E-state index contributed by atoms with van der Waals surface area (Å²) in [7, 11) is 0. The molecule has 4 nitrogen and oxygen atoms in total. The minimum absolute atomic E-state index is 0.120. The molecule has 0 bridgehead atoms. The van der Waals surface area contributed by atoms with E-state index in [9.17, 15) is 9.59 Å². The molecule has 1 fully saturated rings. The van der Waals surface area contributed by atoms with Gasteiger partial charge in [0.2, 0.25) is 0 Å². The second-order valence-corrected chi connectivity index (χ2v) is 5.58. The van der Waals surface area contributed by atoms with E-state index in [0.29, 0.717) is 10.6 Å². The van der Waals surface area contributed by atoms with Crippen LogP contribution >= 0.6 is 11.6 Å². The average molecular weight is 295 g/mol. The van der Waals surface area contributed by atoms with Crippen LogP contribution in [-0.4, -0.2) is 17.7 Å². The van der Waals surface area contributed by atoms with Gasteiger partial charge in [-0.3, -0.25) is 0 Å². The lowest BCUT2D eigenvalue weighted by Gasteiger charge is -2.29. The largest absolute Gasteiger partial charge is 0.419 e. The van der Waals surface area contributed by atoms with E-state index >= 15 is 0 Å². The molecule has 1 saturated heterocycles. The summed E-state index contributed by atoms with van der Waals surface area (Å²) in [6, 6.07) is 3.59. The Hall–Kier alpha value is -1.81. The fraction of sp³-hybridized carbons (Fsp3) is 0.333. The Kier molecular flexibility index (Phi) is 3.61. The van der Waals surface area contributed by atoms with Crippen molar-refractivity contribution in [2.75, 3.05) is 0 Å². The monoisotopic (exact) mass is 294 g/mol. The predicted molar refractivity (Wildman–Crippen MR) is 75.2 cm³/mol. The van der Waals surface area contributed by atoms with Gasteiger partial charge in [0.25, 0.3) is 5.79 Å². The summed E-state index contributed by atoms with van der Waals surface area (Å²) in [6.07, 6.45) is 1.45. The van der Waals surface area contributed by atoms with E-state index in [0.717, 1.165) is 11.1 Å². The van der Waals surface area contributed by atoms with Crippen LogP contribution in [0.25, 0.3) is 6.08 Å². The van der Waals surface area contributed by atoms with Gasteiger partial charge in [0.1, 0.15) is 5.57 Å². The molecule has 0 aliphatic carbocycles. The number of rotatable bonds is 1. The lowest BCUT2D eigenvalue weighted by Crippen LogP contribution is -2.41. The molecule has 106 valence electrons. The first kappa shape index (κ1) is 14.6. The van der Waals surface area contributed by atoms with Crippen LogP contribution in [0.2, 0.25) is 5.02 Å². The molecule has 1 heterocycles. The zero-order valence-corrected chi connectivity index (χ0v) is 12.5. The highest BCUT2D eigenvalue weighted by molar-refractivity contribution is 6.32. The van der Waals surface area contributed by atoms with Gasteiger partial charge in [-0.2, -0.15) is 0 Å². The van der Waals surface area contributed by atoms with Crippen LogP contribution in [0.15, 0.2) is 17.7 Å². The average Bonchev–Trinajstić information content (AvgIpc) is 2.29. The molecule has 0 N–H and O–H groups in total. The van der Waals surface area contributed by atoms with Gasteiger partial charge in [-0.25, -0.2) is 9.59 Å². The van der Waals surface area contributed by atoms with Crippen LogP contribution in [0.1, 0.15) is 30.5 Å². The number of aryl methyl sites for hydroxylation is 2. The second-order valence-electron chi connectivity index (χ2n) is 5.21. The first-order chi connectivity index (χ1) is 9.19. The summed E-state index contributed by atoms with van der Waals surface area (Å²) in [5.41, 5.74) is 2.33. The molecule has 2 rings (SSSR count). The highest BCUT2D eigenvalue weighted by Gasteiger charge is 2.38. The second kappa shape index (κ2) is 4.94. The van der Waals surface area contributed by atoms with Crippen LogP contribution in [0.5, 0.6) is 0 Å². The first-order valence-corrected chi connectivity index (χ1v) is 6.52. The van der Waals surface area contributed by atoms with Crippen molar-refractivity contribution in [1.29, 1.82) is 0 Å². The Morgan fingerprint density at radius 3 is 1.95 bits per heavy atom. The zero-order valence-electron chi connectivity index (χ0n) is 11.7. The van der Waals surface area contributed by atoms with Gasteiger partial charge in [0, 0.05) is 18.9 Å². The normalized spacial score (nSPS) is 17.6. The lowest BCUT2D eigenvalue weighted by molar-refractivity contribution is -0.222. The number of cyclic esters (lactones) is 2. The molecule has 20 heavy (non-hydrogen) atoms. The van der Waals surface area contributed by atoms with E-state index in [-0.39, 0.29) is 5.57 Å². The number of esters is 2. The molecule has 1 aromatic rings. The van der Waals surface area contributed by atoms with Crippen molar-refractivity contribution < 1.29 is 19.1 Å². The molecule has 5 heteroatoms. The number of hydrogen-bond donors (Lipinski definition) is 0. The number of carbonyl (C=O) groups excluding carboxylic acids is 2. The van der Waals surface area contributed by atoms with Crippen LogP contribution in [0.4, 0.5) is 0 Å². The molecule has 1 aromatic carbocycles. The minimum Gasteiger partial charge on any atom is -0.419 e. The summed E-state index contributed by atoms with van der Waals surface area (Å²) < 4.78 is 10.1. The molecule has 1 aliphatic heterocycles. The third-order valence-electron chi connectivity index (χ3n) is 2.89. The lowest BCUT2D eigenvalue weighted by atomic mass is 10.0. The fourth-order valence-electron chi connectivity index (χ4n) is 2.01. The Bertz CT molecular complexity index is 584. The maximum Gasteiger partial charge on any atom is 0.348 e. The Labute approximate surface area is 122 Å². The SMILES string of the molecule is Cc1cc(C=C2C(=O)OC(C)(C)OC2=O)cc(C)c1Cl. The molecule has 0 aromatic heterocycles. The van der Waals surface area contributed by atoms with E-state index in [1.165, 1.54) is 19.9 Å². The zero-order chi connectivity index (χ0) is 15.1. The molecule has 0 saturated carbocycles. The summed E-state index contributed by atoms with van der Waals surface area (Å²) in [4.78, 5) is 23.7. The maximum atomic E-state index is 11.8. The van der Waals surface area contributed by atoms with Crippen LogP contribution in [-0.2, 0) is 19.1 Å². The summed E-state index contributed by atoms with van der Waals surface area (Å²) in [5, 5.41) is 0.669. The Balaban J connectivity index is 2.41. The van der Waals surface area contributed by atoms with Crippen LogP contribution in [0.3, 0.4) is 0 Å². The van der Waals surface area contributed by atoms with Crippen molar-refractivity contribution in [2.24, 2.45) is 0 Å². The van der Waals surface area contributed by atoms with Gasteiger partial charge in [0.05, 0.1) is 0 Å². The minimum atomic E-state index is -1.22. The highest BCUT2D eigenvalue weighted by atomic mass is 35.5. The van der Waals surface area contributed by atoms with Crippen molar-refractivity contribution in [3.63, 3.8) is 0 Å². The molecular formula is C15H15ClO4. The van der Waals surface area contributed by atoms with E-state index in [4.69, 9.17) is 21.1 Å².